The highest BCUT2D eigenvalue weighted by molar-refractivity contribution is 5.70. The predicted octanol–water partition coefficient (Wildman–Crippen LogP) is 7.01. The largest absolute Gasteiger partial charge is 0.460 e. The molecule has 3 saturated carbocycles. The van der Waals surface area contributed by atoms with Crippen molar-refractivity contribution in [1.82, 2.24) is 4.90 Å². The fraction of sp³-hybridized carbons (Fsp3) is 0.774. The van der Waals surface area contributed by atoms with Gasteiger partial charge < -0.3 is 9.47 Å². The van der Waals surface area contributed by atoms with Crippen molar-refractivity contribution in [2.24, 2.45) is 22.7 Å². The van der Waals surface area contributed by atoms with E-state index in [1.54, 1.807) is 0 Å². The topological polar surface area (TPSA) is 38.8 Å². The normalized spacial score (nSPS) is 29.5. The van der Waals surface area contributed by atoms with E-state index in [9.17, 15) is 4.79 Å². The van der Waals surface area contributed by atoms with Gasteiger partial charge in [0, 0.05) is 31.7 Å². The van der Waals surface area contributed by atoms with Gasteiger partial charge in [-0.2, -0.15) is 0 Å². The molecule has 0 unspecified atom stereocenters. The molecule has 3 aliphatic carbocycles. The van der Waals surface area contributed by atoms with Crippen LogP contribution in [0.3, 0.4) is 0 Å². The van der Waals surface area contributed by atoms with Crippen LogP contribution in [-0.4, -0.2) is 42.3 Å². The molecule has 0 saturated heterocycles. The summed E-state index contributed by atoms with van der Waals surface area (Å²) in [5, 5.41) is 0. The smallest absolute Gasteiger partial charge is 0.307 e. The third kappa shape index (κ3) is 5.64. The first kappa shape index (κ1) is 26.7. The number of rotatable bonds is 9. The van der Waals surface area contributed by atoms with E-state index in [0.717, 1.165) is 19.0 Å². The van der Waals surface area contributed by atoms with Crippen molar-refractivity contribution in [3.05, 3.63) is 35.9 Å². The number of hydrogen-bond donors (Lipinski definition) is 0. The van der Waals surface area contributed by atoms with Crippen LogP contribution in [0.5, 0.6) is 0 Å². The fourth-order valence-corrected chi connectivity index (χ4v) is 7.84. The molecule has 0 radical (unpaired) electrons. The number of methoxy groups -OCH3 is 1. The number of nitrogens with zero attached hydrogens (tertiary/aromatic N) is 1. The van der Waals surface area contributed by atoms with Gasteiger partial charge in [0.2, 0.25) is 0 Å². The van der Waals surface area contributed by atoms with Crippen LogP contribution < -0.4 is 0 Å². The highest BCUT2D eigenvalue weighted by Gasteiger charge is 2.64. The summed E-state index contributed by atoms with van der Waals surface area (Å²) in [4.78, 5) is 15.9. The van der Waals surface area contributed by atoms with Crippen LogP contribution in [0.1, 0.15) is 98.0 Å². The maximum atomic E-state index is 13.2. The Labute approximate surface area is 214 Å². The van der Waals surface area contributed by atoms with Crippen LogP contribution >= 0.6 is 0 Å². The molecule has 35 heavy (non-hydrogen) atoms. The van der Waals surface area contributed by atoms with Crippen LogP contribution in [-0.2, 0) is 20.8 Å². The molecule has 4 atom stereocenters. The van der Waals surface area contributed by atoms with Crippen molar-refractivity contribution in [1.29, 1.82) is 0 Å². The molecule has 3 aliphatic rings. The monoisotopic (exact) mass is 483 g/mol. The summed E-state index contributed by atoms with van der Waals surface area (Å²) in [6, 6.07) is 11.0. The molecule has 3 fully saturated rings. The molecule has 4 nitrogen and oxygen atoms in total. The first-order valence-corrected chi connectivity index (χ1v) is 14.1. The minimum absolute atomic E-state index is 0.0538. The van der Waals surface area contributed by atoms with E-state index in [1.165, 1.54) is 56.9 Å². The van der Waals surface area contributed by atoms with Gasteiger partial charge in [-0.05, 0) is 75.7 Å². The number of ether oxygens (including phenoxy) is 2. The van der Waals surface area contributed by atoms with Crippen molar-refractivity contribution >= 4 is 5.97 Å². The Kier molecular flexibility index (Phi) is 8.03. The zero-order chi connectivity index (χ0) is 25.3. The number of hydrogen-bond acceptors (Lipinski definition) is 4. The minimum Gasteiger partial charge on any atom is -0.460 e. The lowest BCUT2D eigenvalue weighted by atomic mass is 9.67. The van der Waals surface area contributed by atoms with Gasteiger partial charge >= 0.3 is 5.97 Å². The lowest BCUT2D eigenvalue weighted by Gasteiger charge is -2.48. The van der Waals surface area contributed by atoms with Gasteiger partial charge in [-0.15, -0.1) is 0 Å². The van der Waals surface area contributed by atoms with E-state index in [0.29, 0.717) is 18.4 Å². The maximum absolute atomic E-state index is 13.2. The Morgan fingerprint density at radius 3 is 2.37 bits per heavy atom. The molecule has 4 rings (SSSR count). The highest BCUT2D eigenvalue weighted by atomic mass is 16.6. The van der Waals surface area contributed by atoms with Crippen molar-refractivity contribution in [3.63, 3.8) is 0 Å². The quantitative estimate of drug-likeness (QED) is 0.354. The Balaban J connectivity index is 1.68. The second kappa shape index (κ2) is 10.5. The van der Waals surface area contributed by atoms with Gasteiger partial charge in [0.25, 0.3) is 0 Å². The maximum Gasteiger partial charge on any atom is 0.307 e. The summed E-state index contributed by atoms with van der Waals surface area (Å²) in [5.74, 6) is 1.21. The second-order valence-electron chi connectivity index (χ2n) is 13.2. The third-order valence-electron chi connectivity index (χ3n) is 9.81. The molecule has 4 heteroatoms. The Bertz CT molecular complexity index is 839. The summed E-state index contributed by atoms with van der Waals surface area (Å²) in [6.45, 7) is 12.8. The zero-order valence-corrected chi connectivity index (χ0v) is 23.1. The summed E-state index contributed by atoms with van der Waals surface area (Å²) in [5.41, 5.74) is 1.24. The summed E-state index contributed by atoms with van der Waals surface area (Å²) < 4.78 is 12.1. The van der Waals surface area contributed by atoms with Gasteiger partial charge in [0.05, 0.1) is 12.5 Å². The van der Waals surface area contributed by atoms with Crippen LogP contribution in [0.15, 0.2) is 30.3 Å². The lowest BCUT2D eigenvalue weighted by Crippen LogP contribution is -2.53. The molecule has 0 aromatic heterocycles. The molecule has 0 amide bonds. The summed E-state index contributed by atoms with van der Waals surface area (Å²) in [6.07, 6.45) is 10.8. The SMILES string of the molecule is CO[C@@H]1C[C@H]2CC[C@]1(CN(Cc1ccccc1)[C@@H](CC(=O)OC(C)(C)C)C1CCCCC1)C2(C)C. The molecular formula is C31H49NO3. The lowest BCUT2D eigenvalue weighted by molar-refractivity contribution is -0.157. The number of esters is 1. The number of benzene rings is 1. The van der Waals surface area contributed by atoms with Gasteiger partial charge in [0.1, 0.15) is 5.60 Å². The number of carbonyl (C=O) groups is 1. The van der Waals surface area contributed by atoms with E-state index in [2.05, 4.69) is 49.1 Å². The molecule has 2 bridgehead atoms. The number of fused-ring (bicyclic) bond motifs is 2. The molecule has 1 aromatic rings. The Morgan fingerprint density at radius 2 is 1.77 bits per heavy atom. The third-order valence-corrected chi connectivity index (χ3v) is 9.81. The van der Waals surface area contributed by atoms with Crippen molar-refractivity contribution in [2.75, 3.05) is 13.7 Å². The molecule has 1 aromatic carbocycles. The molecule has 196 valence electrons. The minimum atomic E-state index is -0.454. The molecule has 0 aliphatic heterocycles. The first-order chi connectivity index (χ1) is 16.6. The van der Waals surface area contributed by atoms with Gasteiger partial charge in [-0.1, -0.05) is 63.4 Å². The van der Waals surface area contributed by atoms with Crippen LogP contribution in [0.4, 0.5) is 0 Å². The standard InChI is InChI=1S/C31H49NO3/c1-29(2,3)35-28(33)20-26(24-15-11-8-12-16-24)32(21-23-13-9-7-10-14-23)22-31-18-17-25(30(31,4)5)19-27(31)34-6/h7,9-10,13-14,24-27H,8,11-12,15-22H2,1-6H3/t25-,26+,27-,31-/m1/s1. The van der Waals surface area contributed by atoms with Crippen LogP contribution in [0, 0.1) is 22.7 Å². The average molecular weight is 484 g/mol. The zero-order valence-electron chi connectivity index (χ0n) is 23.1. The Hall–Kier alpha value is -1.39. The Morgan fingerprint density at radius 1 is 1.09 bits per heavy atom. The van der Waals surface area contributed by atoms with Gasteiger partial charge in [-0.25, -0.2) is 0 Å². The summed E-state index contributed by atoms with van der Waals surface area (Å²) in [7, 11) is 1.91. The van der Waals surface area contributed by atoms with E-state index < -0.39 is 5.60 Å². The van der Waals surface area contributed by atoms with Crippen LogP contribution in [0.25, 0.3) is 0 Å². The molecule has 0 spiro atoms. The molecule has 0 heterocycles. The summed E-state index contributed by atoms with van der Waals surface area (Å²) >= 11 is 0. The van der Waals surface area contributed by atoms with Crippen molar-refractivity contribution in [2.45, 2.75) is 117 Å². The van der Waals surface area contributed by atoms with Crippen molar-refractivity contribution < 1.29 is 14.3 Å². The van der Waals surface area contributed by atoms with Crippen LogP contribution in [0.2, 0.25) is 0 Å². The molecular weight excluding hydrogens is 434 g/mol. The fourth-order valence-electron chi connectivity index (χ4n) is 7.84. The van der Waals surface area contributed by atoms with Crippen molar-refractivity contribution in [3.8, 4) is 0 Å². The van der Waals surface area contributed by atoms with E-state index in [1.807, 2.05) is 27.9 Å². The van der Waals surface area contributed by atoms with Gasteiger partial charge in [-0.3, -0.25) is 9.69 Å². The van der Waals surface area contributed by atoms with E-state index in [4.69, 9.17) is 9.47 Å². The second-order valence-corrected chi connectivity index (χ2v) is 13.2. The number of carbonyl (C=O) groups excluding carboxylic acids is 1. The van der Waals surface area contributed by atoms with E-state index >= 15 is 0 Å². The van der Waals surface area contributed by atoms with Gasteiger partial charge in [0.15, 0.2) is 0 Å². The predicted molar refractivity (Wildman–Crippen MR) is 142 cm³/mol. The molecule has 0 N–H and O–H groups in total. The highest BCUT2D eigenvalue weighted by Crippen LogP contribution is 2.66. The first-order valence-electron chi connectivity index (χ1n) is 14.1. The van der Waals surface area contributed by atoms with E-state index in [-0.39, 0.29) is 22.8 Å². The average Bonchev–Trinajstić information content (AvgIpc) is 3.18.